The summed E-state index contributed by atoms with van der Waals surface area (Å²) in [5, 5.41) is 0. The van der Waals surface area contributed by atoms with Gasteiger partial charge in [-0.3, -0.25) is 0 Å². The van der Waals surface area contributed by atoms with Crippen LogP contribution >= 0.6 is 12.2 Å². The molecule has 0 aromatic heterocycles. The molecule has 3 nitrogen and oxygen atoms in total. The summed E-state index contributed by atoms with van der Waals surface area (Å²) in [5.41, 5.74) is 4.44. The first-order valence-corrected chi connectivity index (χ1v) is 10.6. The van der Waals surface area contributed by atoms with Crippen LogP contribution in [-0.4, -0.2) is 36.1 Å². The number of hydrogen-bond donors (Lipinski definition) is 0. The van der Waals surface area contributed by atoms with Crippen LogP contribution in [0.3, 0.4) is 0 Å². The van der Waals surface area contributed by atoms with Crippen LogP contribution in [0, 0.1) is 12.7 Å². The van der Waals surface area contributed by atoms with Crippen molar-refractivity contribution in [3.05, 3.63) is 95.3 Å². The minimum Gasteiger partial charge on any atom is -0.489 e. The van der Waals surface area contributed by atoms with E-state index in [1.807, 2.05) is 36.4 Å². The van der Waals surface area contributed by atoms with Gasteiger partial charge in [0, 0.05) is 37.4 Å². The largest absolute Gasteiger partial charge is 0.489 e. The predicted octanol–water partition coefficient (Wildman–Crippen LogP) is 5.21. The van der Waals surface area contributed by atoms with Gasteiger partial charge in [-0.25, -0.2) is 4.39 Å². The summed E-state index contributed by atoms with van der Waals surface area (Å²) >= 11 is 5.77. The lowest BCUT2D eigenvalue weighted by Crippen LogP contribution is -2.48. The van der Waals surface area contributed by atoms with E-state index < -0.39 is 0 Å². The average Bonchev–Trinajstić information content (AvgIpc) is 2.79. The summed E-state index contributed by atoms with van der Waals surface area (Å²) in [7, 11) is 0. The minimum atomic E-state index is -0.206. The normalized spacial score (nSPS) is 13.9. The second-order valence-corrected chi connectivity index (χ2v) is 7.94. The average molecular weight is 421 g/mol. The Morgan fingerprint density at radius 3 is 2.33 bits per heavy atom. The van der Waals surface area contributed by atoms with Crippen molar-refractivity contribution in [2.24, 2.45) is 0 Å². The smallest absolute Gasteiger partial charge is 0.123 e. The molecule has 0 atom stereocenters. The zero-order chi connectivity index (χ0) is 20.9. The van der Waals surface area contributed by atoms with Crippen LogP contribution in [0.1, 0.15) is 16.7 Å². The van der Waals surface area contributed by atoms with Crippen molar-refractivity contribution in [3.63, 3.8) is 0 Å². The van der Waals surface area contributed by atoms with E-state index in [0.717, 1.165) is 53.7 Å². The molecule has 3 aromatic rings. The maximum absolute atomic E-state index is 13.2. The number of hydrogen-bond acceptors (Lipinski definition) is 3. The van der Waals surface area contributed by atoms with Crippen molar-refractivity contribution in [1.29, 1.82) is 0 Å². The van der Waals surface area contributed by atoms with Gasteiger partial charge >= 0.3 is 0 Å². The Labute approximate surface area is 182 Å². The van der Waals surface area contributed by atoms with Crippen molar-refractivity contribution in [3.8, 4) is 5.75 Å². The second-order valence-electron chi connectivity index (χ2n) is 7.56. The SMILES string of the molecule is Cc1ccc(COc2cccc(C(=S)N3CCN(c4ccc(F)cc4)CC3)c2)cc1. The molecular formula is C25H25FN2OS. The van der Waals surface area contributed by atoms with E-state index >= 15 is 0 Å². The number of benzene rings is 3. The van der Waals surface area contributed by atoms with E-state index in [0.29, 0.717) is 6.61 Å². The first-order valence-electron chi connectivity index (χ1n) is 10.2. The third-order valence-electron chi connectivity index (χ3n) is 5.37. The molecule has 1 fully saturated rings. The summed E-state index contributed by atoms with van der Waals surface area (Å²) in [6.07, 6.45) is 0. The Bertz CT molecular complexity index is 996. The molecule has 30 heavy (non-hydrogen) atoms. The number of ether oxygens (including phenoxy) is 1. The van der Waals surface area contributed by atoms with Crippen LogP contribution in [0.2, 0.25) is 0 Å². The number of rotatable bonds is 5. The maximum Gasteiger partial charge on any atom is 0.123 e. The van der Waals surface area contributed by atoms with E-state index in [1.54, 1.807) is 0 Å². The molecule has 4 rings (SSSR count). The van der Waals surface area contributed by atoms with Gasteiger partial charge in [-0.1, -0.05) is 54.2 Å². The Morgan fingerprint density at radius 1 is 0.933 bits per heavy atom. The molecule has 0 spiro atoms. The molecule has 1 heterocycles. The number of nitrogens with zero attached hydrogens (tertiary/aromatic N) is 2. The molecule has 5 heteroatoms. The third kappa shape index (κ3) is 4.97. The molecule has 0 bridgehead atoms. The van der Waals surface area contributed by atoms with Gasteiger partial charge in [0.15, 0.2) is 0 Å². The highest BCUT2D eigenvalue weighted by atomic mass is 32.1. The number of aryl methyl sites for hydroxylation is 1. The highest BCUT2D eigenvalue weighted by molar-refractivity contribution is 7.80. The van der Waals surface area contributed by atoms with Crippen molar-refractivity contribution < 1.29 is 9.13 Å². The van der Waals surface area contributed by atoms with E-state index in [1.165, 1.54) is 17.7 Å². The molecule has 1 saturated heterocycles. The summed E-state index contributed by atoms with van der Waals surface area (Å²) < 4.78 is 19.1. The van der Waals surface area contributed by atoms with Crippen LogP contribution in [0.25, 0.3) is 0 Å². The topological polar surface area (TPSA) is 15.7 Å². The molecular weight excluding hydrogens is 395 g/mol. The molecule has 1 aliphatic heterocycles. The van der Waals surface area contributed by atoms with Crippen molar-refractivity contribution in [2.45, 2.75) is 13.5 Å². The highest BCUT2D eigenvalue weighted by Gasteiger charge is 2.20. The van der Waals surface area contributed by atoms with Crippen LogP contribution in [0.4, 0.5) is 10.1 Å². The first kappa shape index (κ1) is 20.4. The van der Waals surface area contributed by atoms with Gasteiger partial charge in [-0.05, 0) is 48.9 Å². The Morgan fingerprint density at radius 2 is 1.63 bits per heavy atom. The van der Waals surface area contributed by atoms with Gasteiger partial charge in [0.1, 0.15) is 23.2 Å². The zero-order valence-corrected chi connectivity index (χ0v) is 17.9. The molecule has 0 unspecified atom stereocenters. The monoisotopic (exact) mass is 420 g/mol. The van der Waals surface area contributed by atoms with Crippen molar-refractivity contribution >= 4 is 22.9 Å². The molecule has 0 radical (unpaired) electrons. The van der Waals surface area contributed by atoms with Gasteiger partial charge in [0.05, 0.1) is 0 Å². The second kappa shape index (κ2) is 9.26. The van der Waals surface area contributed by atoms with Gasteiger partial charge in [-0.2, -0.15) is 0 Å². The fourth-order valence-electron chi connectivity index (χ4n) is 3.57. The van der Waals surface area contributed by atoms with Gasteiger partial charge in [0.25, 0.3) is 0 Å². The highest BCUT2D eigenvalue weighted by Crippen LogP contribution is 2.21. The molecule has 0 saturated carbocycles. The Hall–Kier alpha value is -2.92. The van der Waals surface area contributed by atoms with Crippen LogP contribution in [0.15, 0.2) is 72.8 Å². The minimum absolute atomic E-state index is 0.206. The molecule has 0 N–H and O–H groups in total. The van der Waals surface area contributed by atoms with Gasteiger partial charge in [-0.15, -0.1) is 0 Å². The Balaban J connectivity index is 1.35. The lowest BCUT2D eigenvalue weighted by Gasteiger charge is -2.37. The summed E-state index contributed by atoms with van der Waals surface area (Å²) in [6.45, 7) is 6.00. The van der Waals surface area contributed by atoms with Crippen molar-refractivity contribution in [1.82, 2.24) is 4.90 Å². The molecule has 0 amide bonds. The van der Waals surface area contributed by atoms with Gasteiger partial charge < -0.3 is 14.5 Å². The molecule has 3 aromatic carbocycles. The first-order chi connectivity index (χ1) is 14.6. The lowest BCUT2D eigenvalue weighted by molar-refractivity contribution is 0.306. The van der Waals surface area contributed by atoms with E-state index in [9.17, 15) is 4.39 Å². The molecule has 0 aliphatic carbocycles. The predicted molar refractivity (Wildman–Crippen MR) is 124 cm³/mol. The number of piperazine rings is 1. The Kier molecular flexibility index (Phi) is 6.29. The fourth-order valence-corrected chi connectivity index (χ4v) is 3.88. The lowest BCUT2D eigenvalue weighted by atomic mass is 10.1. The standard InChI is InChI=1S/C25H25FN2OS/c1-19-5-7-20(8-6-19)18-29-24-4-2-3-21(17-24)25(30)28-15-13-27(14-16-28)23-11-9-22(26)10-12-23/h2-12,17H,13-16,18H2,1H3. The summed E-state index contributed by atoms with van der Waals surface area (Å²) in [6, 6.07) is 23.0. The fraction of sp³-hybridized carbons (Fsp3) is 0.240. The van der Waals surface area contributed by atoms with E-state index in [4.69, 9.17) is 17.0 Å². The number of halogens is 1. The zero-order valence-electron chi connectivity index (χ0n) is 17.1. The van der Waals surface area contributed by atoms with E-state index in [-0.39, 0.29) is 5.82 Å². The van der Waals surface area contributed by atoms with Crippen LogP contribution in [0.5, 0.6) is 5.75 Å². The van der Waals surface area contributed by atoms with Gasteiger partial charge in [0.2, 0.25) is 0 Å². The maximum atomic E-state index is 13.2. The third-order valence-corrected chi connectivity index (χ3v) is 5.86. The summed E-state index contributed by atoms with van der Waals surface area (Å²) in [4.78, 5) is 5.34. The number of anilines is 1. The van der Waals surface area contributed by atoms with E-state index in [2.05, 4.69) is 41.0 Å². The summed E-state index contributed by atoms with van der Waals surface area (Å²) in [5.74, 6) is 0.614. The number of thiocarbonyl (C=S) groups is 1. The van der Waals surface area contributed by atoms with Crippen LogP contribution < -0.4 is 9.64 Å². The van der Waals surface area contributed by atoms with Crippen molar-refractivity contribution in [2.75, 3.05) is 31.1 Å². The quantitative estimate of drug-likeness (QED) is 0.526. The molecule has 1 aliphatic rings. The van der Waals surface area contributed by atoms with Crippen LogP contribution in [-0.2, 0) is 6.61 Å². The molecule has 154 valence electrons.